The second kappa shape index (κ2) is 9.34. The molecule has 1 amide bonds. The van der Waals surface area contributed by atoms with Gasteiger partial charge in [0.15, 0.2) is 0 Å². The maximum absolute atomic E-state index is 12.1. The molecule has 0 aliphatic heterocycles. The molecule has 1 heterocycles. The van der Waals surface area contributed by atoms with Crippen LogP contribution in [0, 0.1) is 0 Å². The summed E-state index contributed by atoms with van der Waals surface area (Å²) in [6, 6.07) is 1.87. The molecule has 0 fully saturated rings. The number of nitrogens with one attached hydrogen (secondary N) is 1. The van der Waals surface area contributed by atoms with Crippen molar-refractivity contribution in [3.63, 3.8) is 0 Å². The van der Waals surface area contributed by atoms with Crippen LogP contribution in [0.1, 0.15) is 61.2 Å². The van der Waals surface area contributed by atoms with E-state index in [1.165, 1.54) is 36.7 Å². The molecule has 1 atom stereocenters. The molecular formula is C16H23NO3S. The number of carbonyl (C=O) groups is 2. The van der Waals surface area contributed by atoms with Gasteiger partial charge in [-0.3, -0.25) is 4.79 Å². The quantitative estimate of drug-likeness (QED) is 0.536. The number of thiophene rings is 1. The Kier molecular flexibility index (Phi) is 7.75. The Labute approximate surface area is 129 Å². The number of carbonyl (C=O) groups excluding carboxylic acids is 1. The summed E-state index contributed by atoms with van der Waals surface area (Å²) >= 11 is 1.36. The number of carboxylic acid groups (broad SMARTS) is 1. The third-order valence-electron chi connectivity index (χ3n) is 3.14. The number of amides is 1. The van der Waals surface area contributed by atoms with E-state index in [4.69, 9.17) is 5.11 Å². The number of carboxylic acids is 1. The Balaban J connectivity index is 2.42. The minimum Gasteiger partial charge on any atom is -0.478 e. The monoisotopic (exact) mass is 309 g/mol. The van der Waals surface area contributed by atoms with Crippen molar-refractivity contribution in [2.45, 2.75) is 52.0 Å². The molecule has 21 heavy (non-hydrogen) atoms. The van der Waals surface area contributed by atoms with Crippen LogP contribution in [0.3, 0.4) is 0 Å². The van der Waals surface area contributed by atoms with E-state index in [9.17, 15) is 9.59 Å². The lowest BCUT2D eigenvalue weighted by Gasteiger charge is -2.12. The van der Waals surface area contributed by atoms with Crippen LogP contribution in [0.2, 0.25) is 0 Å². The predicted octanol–water partition coefficient (Wildman–Crippen LogP) is 3.93. The van der Waals surface area contributed by atoms with E-state index in [2.05, 4.69) is 12.2 Å². The molecule has 1 aromatic heterocycles. The molecule has 1 aromatic rings. The zero-order valence-corrected chi connectivity index (χ0v) is 13.4. The van der Waals surface area contributed by atoms with Crippen molar-refractivity contribution in [3.05, 3.63) is 28.0 Å². The molecule has 0 aliphatic carbocycles. The Morgan fingerprint density at radius 3 is 2.81 bits per heavy atom. The largest absolute Gasteiger partial charge is 0.478 e. The first-order valence-corrected chi connectivity index (χ1v) is 8.21. The third kappa shape index (κ3) is 7.09. The first-order chi connectivity index (χ1) is 10.0. The fourth-order valence-corrected chi connectivity index (χ4v) is 2.75. The maximum atomic E-state index is 12.1. The zero-order valence-electron chi connectivity index (χ0n) is 12.6. The molecular weight excluding hydrogens is 286 g/mol. The van der Waals surface area contributed by atoms with Crippen LogP contribution in [0.15, 0.2) is 17.5 Å². The highest BCUT2D eigenvalue weighted by atomic mass is 32.1. The lowest BCUT2D eigenvalue weighted by molar-refractivity contribution is -0.131. The molecule has 0 spiro atoms. The summed E-state index contributed by atoms with van der Waals surface area (Å²) in [5.41, 5.74) is 0.588. The summed E-state index contributed by atoms with van der Waals surface area (Å²) < 4.78 is 0. The molecule has 0 bridgehead atoms. The topological polar surface area (TPSA) is 66.4 Å². The van der Waals surface area contributed by atoms with E-state index in [0.717, 1.165) is 23.8 Å². The summed E-state index contributed by atoms with van der Waals surface area (Å²) in [7, 11) is 0. The van der Waals surface area contributed by atoms with Gasteiger partial charge in [0.25, 0.3) is 5.91 Å². The molecule has 0 saturated heterocycles. The summed E-state index contributed by atoms with van der Waals surface area (Å²) in [5.74, 6) is -1.08. The van der Waals surface area contributed by atoms with Crippen LogP contribution in [0.4, 0.5) is 0 Å². The van der Waals surface area contributed by atoms with Crippen molar-refractivity contribution < 1.29 is 14.7 Å². The molecule has 0 saturated carbocycles. The van der Waals surface area contributed by atoms with Crippen molar-refractivity contribution in [3.8, 4) is 0 Å². The molecule has 1 rings (SSSR count). The van der Waals surface area contributed by atoms with Crippen molar-refractivity contribution in [2.75, 3.05) is 0 Å². The molecule has 5 heteroatoms. The van der Waals surface area contributed by atoms with E-state index < -0.39 is 5.97 Å². The average Bonchev–Trinajstić information content (AvgIpc) is 2.90. The van der Waals surface area contributed by atoms with Gasteiger partial charge in [-0.05, 0) is 25.5 Å². The summed E-state index contributed by atoms with van der Waals surface area (Å²) in [6.45, 7) is 4.19. The number of aliphatic carboxylic acids is 1. The minimum atomic E-state index is -0.991. The fourth-order valence-electron chi connectivity index (χ4n) is 1.97. The number of unbranched alkanes of at least 4 members (excludes halogenated alkanes) is 3. The van der Waals surface area contributed by atoms with Gasteiger partial charge < -0.3 is 10.4 Å². The standard InChI is InChI=1S/C16H23NO3S/c1-3-4-5-6-7-12(2)17-16(20)13-10-14(21-11-13)8-9-15(18)19/h8-12H,3-7H2,1-2H3,(H,17,20)(H,18,19). The van der Waals surface area contributed by atoms with Crippen molar-refractivity contribution in [1.82, 2.24) is 5.32 Å². The van der Waals surface area contributed by atoms with Crippen LogP contribution in [-0.2, 0) is 4.79 Å². The van der Waals surface area contributed by atoms with Crippen LogP contribution >= 0.6 is 11.3 Å². The van der Waals surface area contributed by atoms with E-state index in [1.54, 1.807) is 11.4 Å². The van der Waals surface area contributed by atoms with Crippen LogP contribution < -0.4 is 5.32 Å². The van der Waals surface area contributed by atoms with Gasteiger partial charge in [0.1, 0.15) is 0 Å². The second-order valence-electron chi connectivity index (χ2n) is 5.13. The first-order valence-electron chi connectivity index (χ1n) is 7.33. The molecule has 1 unspecified atom stereocenters. The normalized spacial score (nSPS) is 12.5. The molecule has 4 nitrogen and oxygen atoms in total. The SMILES string of the molecule is CCCCCCC(C)NC(=O)c1csc(C=CC(=O)O)c1. The number of hydrogen-bond donors (Lipinski definition) is 2. The van der Waals surface area contributed by atoms with Crippen LogP contribution in [-0.4, -0.2) is 23.0 Å². The van der Waals surface area contributed by atoms with Gasteiger partial charge in [-0.1, -0.05) is 32.6 Å². The first kappa shape index (κ1) is 17.4. The van der Waals surface area contributed by atoms with Crippen molar-refractivity contribution >= 4 is 29.3 Å². The summed E-state index contributed by atoms with van der Waals surface area (Å²) in [5, 5.41) is 13.3. The molecule has 0 radical (unpaired) electrons. The molecule has 2 N–H and O–H groups in total. The van der Waals surface area contributed by atoms with Crippen molar-refractivity contribution in [2.24, 2.45) is 0 Å². The fraction of sp³-hybridized carbons (Fsp3) is 0.500. The Hall–Kier alpha value is -1.62. The molecule has 0 aliphatic rings. The van der Waals surface area contributed by atoms with Crippen LogP contribution in [0.25, 0.3) is 6.08 Å². The van der Waals surface area contributed by atoms with Gasteiger partial charge >= 0.3 is 5.97 Å². The second-order valence-corrected chi connectivity index (χ2v) is 6.08. The number of hydrogen-bond acceptors (Lipinski definition) is 3. The highest BCUT2D eigenvalue weighted by Gasteiger charge is 2.11. The van der Waals surface area contributed by atoms with Gasteiger partial charge in [0.05, 0.1) is 5.56 Å². The van der Waals surface area contributed by atoms with E-state index >= 15 is 0 Å². The summed E-state index contributed by atoms with van der Waals surface area (Å²) in [6.07, 6.45) is 8.35. The van der Waals surface area contributed by atoms with E-state index in [1.807, 2.05) is 6.92 Å². The smallest absolute Gasteiger partial charge is 0.328 e. The van der Waals surface area contributed by atoms with E-state index in [0.29, 0.717) is 5.56 Å². The lowest BCUT2D eigenvalue weighted by atomic mass is 10.1. The van der Waals surface area contributed by atoms with Gasteiger partial charge in [-0.25, -0.2) is 4.79 Å². The highest BCUT2D eigenvalue weighted by molar-refractivity contribution is 7.11. The third-order valence-corrected chi connectivity index (χ3v) is 4.04. The van der Waals surface area contributed by atoms with E-state index in [-0.39, 0.29) is 11.9 Å². The lowest BCUT2D eigenvalue weighted by Crippen LogP contribution is -2.32. The summed E-state index contributed by atoms with van der Waals surface area (Å²) in [4.78, 5) is 23.3. The zero-order chi connectivity index (χ0) is 15.7. The Morgan fingerprint density at radius 2 is 2.14 bits per heavy atom. The molecule has 116 valence electrons. The Morgan fingerprint density at radius 1 is 1.38 bits per heavy atom. The Bertz CT molecular complexity index is 493. The average molecular weight is 309 g/mol. The van der Waals surface area contributed by atoms with Crippen molar-refractivity contribution in [1.29, 1.82) is 0 Å². The maximum Gasteiger partial charge on any atom is 0.328 e. The minimum absolute atomic E-state index is 0.0933. The van der Waals surface area contributed by atoms with Gasteiger partial charge in [-0.2, -0.15) is 0 Å². The van der Waals surface area contributed by atoms with Gasteiger partial charge in [0.2, 0.25) is 0 Å². The highest BCUT2D eigenvalue weighted by Crippen LogP contribution is 2.16. The molecule has 0 aromatic carbocycles. The number of rotatable bonds is 9. The predicted molar refractivity (Wildman–Crippen MR) is 86.7 cm³/mol. The van der Waals surface area contributed by atoms with Gasteiger partial charge in [-0.15, -0.1) is 11.3 Å². The van der Waals surface area contributed by atoms with Gasteiger partial charge in [0, 0.05) is 22.4 Å². The van der Waals surface area contributed by atoms with Crippen LogP contribution in [0.5, 0.6) is 0 Å².